The monoisotopic (exact) mass is 499 g/mol. The lowest BCUT2D eigenvalue weighted by molar-refractivity contribution is 0.0496. The maximum atomic E-state index is 13.0. The second-order valence-electron chi connectivity index (χ2n) is 7.57. The van der Waals surface area contributed by atoms with Gasteiger partial charge in [0.05, 0.1) is 33.8 Å². The largest absolute Gasteiger partial charge is 0.462 e. The summed E-state index contributed by atoms with van der Waals surface area (Å²) in [5.41, 5.74) is 1.80. The fourth-order valence-corrected chi connectivity index (χ4v) is 4.97. The molecular weight excluding hydrogens is 478 g/mol. The number of hydrogen-bond acceptors (Lipinski definition) is 5. The van der Waals surface area contributed by atoms with Crippen LogP contribution in [0.1, 0.15) is 16.8 Å². The first-order valence-electron chi connectivity index (χ1n) is 10.5. The fourth-order valence-electron chi connectivity index (χ4n) is 3.55. The first kappa shape index (κ1) is 23.6. The summed E-state index contributed by atoms with van der Waals surface area (Å²) in [5, 5.41) is 0.409. The fraction of sp³-hybridized carbons (Fsp3) is 0.167. The first-order chi connectivity index (χ1) is 16.3. The van der Waals surface area contributed by atoms with E-state index in [1.54, 1.807) is 22.8 Å². The number of fused-ring (bicyclic) bond motifs is 1. The minimum atomic E-state index is -3.92. The highest BCUT2D eigenvalue weighted by atomic mass is 35.5. The molecule has 0 amide bonds. The average Bonchev–Trinajstić information content (AvgIpc) is 3.16. The molecule has 176 valence electrons. The number of rotatable bonds is 8. The lowest BCUT2D eigenvalue weighted by atomic mass is 10.2. The van der Waals surface area contributed by atoms with Gasteiger partial charge in [-0.15, -0.1) is 0 Å². The standard InChI is InChI=1S/C24H22ClN3O5S/c1-27(19-9-5-8-18(25)16-19)34(31,32)20-10-4-7-17(15-20)23(29)33-14-6-13-28-22-12-3-2-11-21(22)26-24(28)30/h2-5,7-12,15-16H,6,13-14H2,1H3,(H,26,30). The van der Waals surface area contributed by atoms with E-state index < -0.39 is 16.0 Å². The van der Waals surface area contributed by atoms with Crippen LogP contribution in [0.3, 0.4) is 0 Å². The van der Waals surface area contributed by atoms with Crippen LogP contribution in [0.15, 0.2) is 82.5 Å². The normalized spacial score (nSPS) is 11.5. The maximum absolute atomic E-state index is 13.0. The Labute approximate surface area is 201 Å². The van der Waals surface area contributed by atoms with Crippen molar-refractivity contribution in [2.75, 3.05) is 18.0 Å². The number of anilines is 1. The summed E-state index contributed by atoms with van der Waals surface area (Å²) >= 11 is 5.98. The van der Waals surface area contributed by atoms with Crippen LogP contribution in [0.2, 0.25) is 5.02 Å². The average molecular weight is 500 g/mol. The predicted molar refractivity (Wildman–Crippen MR) is 131 cm³/mol. The number of aromatic amines is 1. The number of aryl methyl sites for hydroxylation is 1. The molecule has 8 nitrogen and oxygen atoms in total. The van der Waals surface area contributed by atoms with Crippen LogP contribution in [0.4, 0.5) is 5.69 Å². The van der Waals surface area contributed by atoms with E-state index in [4.69, 9.17) is 16.3 Å². The molecule has 0 fully saturated rings. The molecule has 0 spiro atoms. The minimum Gasteiger partial charge on any atom is -0.462 e. The number of aromatic nitrogens is 2. The number of sulfonamides is 1. The van der Waals surface area contributed by atoms with Gasteiger partial charge in [-0.25, -0.2) is 18.0 Å². The summed E-state index contributed by atoms with van der Waals surface area (Å²) < 4.78 is 34.1. The minimum absolute atomic E-state index is 0.0465. The van der Waals surface area contributed by atoms with Crippen molar-refractivity contribution in [2.24, 2.45) is 0 Å². The molecule has 1 N–H and O–H groups in total. The summed E-state index contributed by atoms with van der Waals surface area (Å²) in [4.78, 5) is 27.4. The van der Waals surface area contributed by atoms with E-state index in [2.05, 4.69) is 4.98 Å². The Hall–Kier alpha value is -3.56. The van der Waals surface area contributed by atoms with Gasteiger partial charge in [-0.2, -0.15) is 0 Å². The van der Waals surface area contributed by atoms with Crippen LogP contribution in [-0.4, -0.2) is 37.6 Å². The number of carbonyl (C=O) groups excluding carboxylic acids is 1. The van der Waals surface area contributed by atoms with Gasteiger partial charge in [-0.3, -0.25) is 8.87 Å². The van der Waals surface area contributed by atoms with Gasteiger partial charge in [-0.05, 0) is 55.0 Å². The molecule has 0 saturated heterocycles. The third-order valence-corrected chi connectivity index (χ3v) is 7.36. The van der Waals surface area contributed by atoms with Gasteiger partial charge < -0.3 is 9.72 Å². The second kappa shape index (κ2) is 9.74. The van der Waals surface area contributed by atoms with Crippen LogP contribution in [0.25, 0.3) is 11.0 Å². The Kier molecular flexibility index (Phi) is 6.76. The van der Waals surface area contributed by atoms with Gasteiger partial charge in [-0.1, -0.05) is 35.9 Å². The van der Waals surface area contributed by atoms with Crippen molar-refractivity contribution in [3.63, 3.8) is 0 Å². The molecule has 0 bridgehead atoms. The number of hydrogen-bond donors (Lipinski definition) is 1. The Bertz CT molecular complexity index is 1510. The zero-order chi connectivity index (χ0) is 24.3. The Morgan fingerprint density at radius 1 is 1.06 bits per heavy atom. The number of esters is 1. The number of H-pyrrole nitrogens is 1. The molecule has 0 unspecified atom stereocenters. The second-order valence-corrected chi connectivity index (χ2v) is 9.97. The summed E-state index contributed by atoms with van der Waals surface area (Å²) in [7, 11) is -2.50. The summed E-state index contributed by atoms with van der Waals surface area (Å²) in [5.74, 6) is -0.645. The number of carbonyl (C=O) groups is 1. The quantitative estimate of drug-likeness (QED) is 0.291. The van der Waals surface area contributed by atoms with Crippen molar-refractivity contribution in [3.05, 3.63) is 93.9 Å². The summed E-state index contributed by atoms with van der Waals surface area (Å²) in [6.07, 6.45) is 0.420. The van der Waals surface area contributed by atoms with E-state index in [0.717, 1.165) is 15.3 Å². The van der Waals surface area contributed by atoms with E-state index in [-0.39, 0.29) is 22.8 Å². The van der Waals surface area contributed by atoms with Gasteiger partial charge in [0, 0.05) is 18.6 Å². The highest BCUT2D eigenvalue weighted by Crippen LogP contribution is 2.25. The molecule has 1 heterocycles. The van der Waals surface area contributed by atoms with Crippen molar-refractivity contribution >= 4 is 44.3 Å². The summed E-state index contributed by atoms with van der Waals surface area (Å²) in [6.45, 7) is 0.444. The van der Waals surface area contributed by atoms with Gasteiger partial charge >= 0.3 is 11.7 Å². The van der Waals surface area contributed by atoms with Gasteiger partial charge in [0.2, 0.25) is 0 Å². The SMILES string of the molecule is CN(c1cccc(Cl)c1)S(=O)(=O)c1cccc(C(=O)OCCCn2c(=O)[nH]c3ccccc32)c1. The number of nitrogens with zero attached hydrogens (tertiary/aromatic N) is 2. The van der Waals surface area contributed by atoms with Crippen LogP contribution < -0.4 is 9.99 Å². The van der Waals surface area contributed by atoms with Crippen molar-refractivity contribution in [2.45, 2.75) is 17.9 Å². The molecule has 4 aromatic rings. The van der Waals surface area contributed by atoms with E-state index in [0.29, 0.717) is 23.7 Å². The Balaban J connectivity index is 1.41. The Morgan fingerprint density at radius 3 is 2.62 bits per heavy atom. The van der Waals surface area contributed by atoms with E-state index >= 15 is 0 Å². The van der Waals surface area contributed by atoms with Crippen LogP contribution in [0.5, 0.6) is 0 Å². The number of nitrogens with one attached hydrogen (secondary N) is 1. The molecule has 0 aliphatic carbocycles. The number of para-hydroxylation sites is 2. The van der Waals surface area contributed by atoms with Crippen LogP contribution >= 0.6 is 11.6 Å². The molecule has 4 rings (SSSR count). The van der Waals surface area contributed by atoms with Crippen LogP contribution in [-0.2, 0) is 21.3 Å². The highest BCUT2D eigenvalue weighted by molar-refractivity contribution is 7.92. The maximum Gasteiger partial charge on any atom is 0.338 e. The van der Waals surface area contributed by atoms with Crippen molar-refractivity contribution in [3.8, 4) is 0 Å². The molecular formula is C24H22ClN3O5S. The van der Waals surface area contributed by atoms with Crippen LogP contribution in [0, 0.1) is 0 Å². The number of imidazole rings is 1. The van der Waals surface area contributed by atoms with E-state index in [1.165, 1.54) is 37.4 Å². The number of halogens is 1. The smallest absolute Gasteiger partial charge is 0.338 e. The van der Waals surface area contributed by atoms with E-state index in [1.807, 2.05) is 24.3 Å². The number of ether oxygens (including phenoxy) is 1. The third-order valence-electron chi connectivity index (χ3n) is 5.34. The molecule has 0 saturated carbocycles. The van der Waals surface area contributed by atoms with Gasteiger partial charge in [0.15, 0.2) is 0 Å². The lowest BCUT2D eigenvalue weighted by Crippen LogP contribution is -2.26. The van der Waals surface area contributed by atoms with Crippen molar-refractivity contribution in [1.29, 1.82) is 0 Å². The number of benzene rings is 3. The highest BCUT2D eigenvalue weighted by Gasteiger charge is 2.23. The molecule has 10 heteroatoms. The van der Waals surface area contributed by atoms with Gasteiger partial charge in [0.1, 0.15) is 0 Å². The molecule has 34 heavy (non-hydrogen) atoms. The molecule has 0 aliphatic rings. The zero-order valence-corrected chi connectivity index (χ0v) is 19.8. The Morgan fingerprint density at radius 2 is 1.82 bits per heavy atom. The third kappa shape index (κ3) is 4.85. The molecule has 3 aromatic carbocycles. The predicted octanol–water partition coefficient (Wildman–Crippen LogP) is 4.06. The topological polar surface area (TPSA) is 101 Å². The first-order valence-corrected chi connectivity index (χ1v) is 12.3. The lowest BCUT2D eigenvalue weighted by Gasteiger charge is -2.20. The van der Waals surface area contributed by atoms with Crippen molar-refractivity contribution < 1.29 is 17.9 Å². The van der Waals surface area contributed by atoms with Gasteiger partial charge in [0.25, 0.3) is 10.0 Å². The molecule has 0 radical (unpaired) electrons. The molecule has 1 aromatic heterocycles. The zero-order valence-electron chi connectivity index (χ0n) is 18.3. The van der Waals surface area contributed by atoms with Crippen molar-refractivity contribution in [1.82, 2.24) is 9.55 Å². The molecule has 0 atom stereocenters. The molecule has 0 aliphatic heterocycles. The van der Waals surface area contributed by atoms with E-state index in [9.17, 15) is 18.0 Å². The summed E-state index contributed by atoms with van der Waals surface area (Å²) in [6, 6.07) is 19.5.